The summed E-state index contributed by atoms with van der Waals surface area (Å²) in [6.07, 6.45) is 5.75. The van der Waals surface area contributed by atoms with Crippen molar-refractivity contribution in [3.8, 4) is 0 Å². The molecule has 3 rings (SSSR count). The van der Waals surface area contributed by atoms with E-state index in [1.54, 1.807) is 0 Å². The SMILES string of the molecule is CC1(C)OB(c2cc(N3CCCCC3)ccn2)OC1(C)C. The highest BCUT2D eigenvalue weighted by molar-refractivity contribution is 6.61. The number of nitrogens with zero attached hydrogens (tertiary/aromatic N) is 2. The molecule has 3 heterocycles. The first-order valence-corrected chi connectivity index (χ1v) is 7.96. The van der Waals surface area contributed by atoms with Crippen molar-refractivity contribution in [3.63, 3.8) is 0 Å². The third-order valence-corrected chi connectivity index (χ3v) is 4.98. The fraction of sp³-hybridized carbons (Fsp3) is 0.688. The predicted octanol–water partition coefficient (Wildman–Crippen LogP) is 2.37. The number of hydrogen-bond donors (Lipinski definition) is 0. The molecular weight excluding hydrogens is 263 g/mol. The van der Waals surface area contributed by atoms with Crippen molar-refractivity contribution in [2.75, 3.05) is 18.0 Å². The molecular formula is C16H25BN2O2. The predicted molar refractivity (Wildman–Crippen MR) is 86.0 cm³/mol. The van der Waals surface area contributed by atoms with E-state index in [0.717, 1.165) is 18.7 Å². The zero-order chi connectivity index (χ0) is 15.1. The third-order valence-electron chi connectivity index (χ3n) is 4.98. The standard InChI is InChI=1S/C16H25BN2O2/c1-15(2)16(3,4)21-17(20-15)14-12-13(8-9-18-14)19-10-6-5-7-11-19/h8-9,12H,5-7,10-11H2,1-4H3. The van der Waals surface area contributed by atoms with Crippen LogP contribution in [0.5, 0.6) is 0 Å². The summed E-state index contributed by atoms with van der Waals surface area (Å²) >= 11 is 0. The van der Waals surface area contributed by atoms with Gasteiger partial charge in [0.15, 0.2) is 0 Å². The van der Waals surface area contributed by atoms with Crippen LogP contribution in [0, 0.1) is 0 Å². The first kappa shape index (κ1) is 14.9. The van der Waals surface area contributed by atoms with Crippen LogP contribution in [-0.4, -0.2) is 36.4 Å². The van der Waals surface area contributed by atoms with Crippen molar-refractivity contribution in [2.45, 2.75) is 58.2 Å². The Morgan fingerprint density at radius 1 is 1.05 bits per heavy atom. The Balaban J connectivity index is 1.81. The number of aromatic nitrogens is 1. The fourth-order valence-corrected chi connectivity index (χ4v) is 2.88. The van der Waals surface area contributed by atoms with Gasteiger partial charge in [-0.3, -0.25) is 4.98 Å². The van der Waals surface area contributed by atoms with E-state index < -0.39 is 0 Å². The number of rotatable bonds is 2. The maximum Gasteiger partial charge on any atom is 0.514 e. The van der Waals surface area contributed by atoms with Crippen LogP contribution < -0.4 is 10.5 Å². The molecule has 0 N–H and O–H groups in total. The molecule has 2 aliphatic heterocycles. The monoisotopic (exact) mass is 288 g/mol. The van der Waals surface area contributed by atoms with Crippen molar-refractivity contribution in [1.82, 2.24) is 4.98 Å². The van der Waals surface area contributed by atoms with Gasteiger partial charge in [-0.1, -0.05) is 0 Å². The van der Waals surface area contributed by atoms with Crippen molar-refractivity contribution in [2.24, 2.45) is 0 Å². The first-order chi connectivity index (χ1) is 9.89. The molecule has 0 spiro atoms. The molecule has 114 valence electrons. The number of pyridine rings is 1. The third kappa shape index (κ3) is 2.81. The number of hydrogen-bond acceptors (Lipinski definition) is 4. The van der Waals surface area contributed by atoms with Crippen LogP contribution in [0.3, 0.4) is 0 Å². The van der Waals surface area contributed by atoms with Crippen LogP contribution in [0.15, 0.2) is 18.3 Å². The van der Waals surface area contributed by atoms with Crippen LogP contribution in [0.25, 0.3) is 0 Å². The quantitative estimate of drug-likeness (QED) is 0.783. The average Bonchev–Trinajstić information content (AvgIpc) is 2.69. The van der Waals surface area contributed by atoms with Gasteiger partial charge in [-0.15, -0.1) is 0 Å². The summed E-state index contributed by atoms with van der Waals surface area (Å²) in [6.45, 7) is 10.5. The molecule has 21 heavy (non-hydrogen) atoms. The van der Waals surface area contributed by atoms with Crippen LogP contribution in [-0.2, 0) is 9.31 Å². The van der Waals surface area contributed by atoms with Crippen LogP contribution >= 0.6 is 0 Å². The van der Waals surface area contributed by atoms with Crippen molar-refractivity contribution < 1.29 is 9.31 Å². The van der Waals surface area contributed by atoms with E-state index in [9.17, 15) is 0 Å². The largest absolute Gasteiger partial charge is 0.514 e. The van der Waals surface area contributed by atoms with Crippen molar-refractivity contribution >= 4 is 18.4 Å². The highest BCUT2D eigenvalue weighted by Gasteiger charge is 2.52. The second kappa shape index (κ2) is 5.29. The maximum atomic E-state index is 6.09. The lowest BCUT2D eigenvalue weighted by Crippen LogP contribution is -2.41. The first-order valence-electron chi connectivity index (χ1n) is 7.96. The van der Waals surface area contributed by atoms with Gasteiger partial charge in [-0.05, 0) is 59.1 Å². The average molecular weight is 288 g/mol. The second-order valence-corrected chi connectivity index (χ2v) is 7.07. The Kier molecular flexibility index (Phi) is 3.74. The Morgan fingerprint density at radius 2 is 1.67 bits per heavy atom. The minimum atomic E-state index is -0.375. The fourth-order valence-electron chi connectivity index (χ4n) is 2.88. The van der Waals surface area contributed by atoms with Gasteiger partial charge >= 0.3 is 7.12 Å². The van der Waals surface area contributed by atoms with E-state index in [2.05, 4.69) is 49.7 Å². The normalized spacial score (nSPS) is 24.4. The molecule has 2 saturated heterocycles. The minimum Gasteiger partial charge on any atom is -0.398 e. The van der Waals surface area contributed by atoms with Gasteiger partial charge in [0.25, 0.3) is 0 Å². The number of anilines is 1. The Hall–Kier alpha value is -1.07. The molecule has 1 aromatic rings. The second-order valence-electron chi connectivity index (χ2n) is 7.07. The smallest absolute Gasteiger partial charge is 0.398 e. The van der Waals surface area contributed by atoms with Gasteiger partial charge < -0.3 is 14.2 Å². The molecule has 5 heteroatoms. The van der Waals surface area contributed by atoms with E-state index in [1.165, 1.54) is 24.9 Å². The Morgan fingerprint density at radius 3 is 2.29 bits per heavy atom. The van der Waals surface area contributed by atoms with Crippen molar-refractivity contribution in [3.05, 3.63) is 18.3 Å². The van der Waals surface area contributed by atoms with Gasteiger partial charge in [0.1, 0.15) is 0 Å². The van der Waals surface area contributed by atoms with Crippen molar-refractivity contribution in [1.29, 1.82) is 0 Å². The molecule has 0 atom stereocenters. The van der Waals surface area contributed by atoms with Gasteiger partial charge in [0, 0.05) is 25.0 Å². The molecule has 4 nitrogen and oxygen atoms in total. The molecule has 1 aromatic heterocycles. The summed E-state index contributed by atoms with van der Waals surface area (Å²) < 4.78 is 12.2. The zero-order valence-electron chi connectivity index (χ0n) is 13.6. The molecule has 2 aliphatic rings. The highest BCUT2D eigenvalue weighted by atomic mass is 16.7. The molecule has 0 unspecified atom stereocenters. The van der Waals surface area contributed by atoms with Gasteiger partial charge in [-0.25, -0.2) is 0 Å². The van der Waals surface area contributed by atoms with Gasteiger partial charge in [0.05, 0.1) is 16.8 Å². The minimum absolute atomic E-state index is 0.319. The van der Waals surface area contributed by atoms with E-state index in [-0.39, 0.29) is 18.3 Å². The van der Waals surface area contributed by atoms with E-state index in [4.69, 9.17) is 9.31 Å². The summed E-state index contributed by atoms with van der Waals surface area (Å²) in [5.74, 6) is 0. The molecule has 0 aliphatic carbocycles. The lowest BCUT2D eigenvalue weighted by Gasteiger charge is -2.32. The molecule has 0 amide bonds. The summed E-state index contributed by atoms with van der Waals surface area (Å²) in [6, 6.07) is 4.20. The molecule has 0 aromatic carbocycles. The summed E-state index contributed by atoms with van der Waals surface area (Å²) in [4.78, 5) is 6.90. The van der Waals surface area contributed by atoms with Crippen LogP contribution in [0.2, 0.25) is 0 Å². The summed E-state index contributed by atoms with van der Waals surface area (Å²) in [5.41, 5.74) is 1.46. The molecule has 2 fully saturated rings. The molecule has 0 saturated carbocycles. The van der Waals surface area contributed by atoms with Gasteiger partial charge in [0.2, 0.25) is 0 Å². The lowest BCUT2D eigenvalue weighted by molar-refractivity contribution is 0.00578. The van der Waals surface area contributed by atoms with E-state index in [0.29, 0.717) is 0 Å². The summed E-state index contributed by atoms with van der Waals surface area (Å²) in [5, 5.41) is 0. The Bertz CT molecular complexity index is 497. The molecule has 0 bridgehead atoms. The lowest BCUT2D eigenvalue weighted by atomic mass is 9.84. The zero-order valence-corrected chi connectivity index (χ0v) is 13.6. The van der Waals surface area contributed by atoms with Gasteiger partial charge in [-0.2, -0.15) is 0 Å². The van der Waals surface area contributed by atoms with E-state index in [1.807, 2.05) is 6.20 Å². The highest BCUT2D eigenvalue weighted by Crippen LogP contribution is 2.36. The Labute approximate surface area is 128 Å². The van der Waals surface area contributed by atoms with Crippen LogP contribution in [0.4, 0.5) is 5.69 Å². The van der Waals surface area contributed by atoms with Crippen LogP contribution in [0.1, 0.15) is 47.0 Å². The summed E-state index contributed by atoms with van der Waals surface area (Å²) in [7, 11) is -0.375. The van der Waals surface area contributed by atoms with E-state index >= 15 is 0 Å². The topological polar surface area (TPSA) is 34.6 Å². The maximum absolute atomic E-state index is 6.09. The molecule has 0 radical (unpaired) electrons. The number of piperidine rings is 1.